The van der Waals surface area contributed by atoms with Gasteiger partial charge in [0.2, 0.25) is 0 Å². The van der Waals surface area contributed by atoms with Gasteiger partial charge in [-0.1, -0.05) is 6.92 Å². The van der Waals surface area contributed by atoms with Crippen LogP contribution in [0.5, 0.6) is 0 Å². The Bertz CT molecular complexity index is 222. The Labute approximate surface area is 70.5 Å². The van der Waals surface area contributed by atoms with E-state index in [1.807, 2.05) is 4.90 Å². The van der Waals surface area contributed by atoms with Crippen LogP contribution in [0.2, 0.25) is 0 Å². The van der Waals surface area contributed by atoms with E-state index in [1.165, 1.54) is 0 Å². The lowest BCUT2D eigenvalue weighted by Crippen LogP contribution is -2.44. The maximum atomic E-state index is 10.8. The minimum absolute atomic E-state index is 0.279. The number of morpholine rings is 1. The Morgan fingerprint density at radius 1 is 1.33 bits per heavy atom. The van der Waals surface area contributed by atoms with E-state index in [1.54, 1.807) is 0 Å². The molecule has 0 N–H and O–H groups in total. The van der Waals surface area contributed by atoms with Gasteiger partial charge in [0, 0.05) is 6.04 Å². The van der Waals surface area contributed by atoms with Crippen LogP contribution in [-0.2, 0) is 14.3 Å². The van der Waals surface area contributed by atoms with Crippen molar-refractivity contribution in [3.05, 3.63) is 0 Å². The summed E-state index contributed by atoms with van der Waals surface area (Å²) in [6, 6.07) is 0.432. The Morgan fingerprint density at radius 3 is 2.25 bits per heavy atom. The maximum absolute atomic E-state index is 10.8. The Morgan fingerprint density at radius 2 is 1.83 bits per heavy atom. The summed E-state index contributed by atoms with van der Waals surface area (Å²) in [5, 5.41) is 0. The van der Waals surface area contributed by atoms with Crippen LogP contribution in [-0.4, -0.2) is 36.0 Å². The number of carbonyl (C=O) groups is 2. The average molecular weight is 169 g/mol. The highest BCUT2D eigenvalue weighted by molar-refractivity contribution is 5.90. The van der Waals surface area contributed by atoms with Crippen LogP contribution in [0.15, 0.2) is 0 Å². The van der Waals surface area contributed by atoms with Crippen molar-refractivity contribution in [1.29, 1.82) is 0 Å². The summed E-state index contributed by atoms with van der Waals surface area (Å²) in [5.74, 6) is -0.195. The molecule has 66 valence electrons. The van der Waals surface area contributed by atoms with E-state index in [0.29, 0.717) is 12.0 Å². The van der Waals surface area contributed by atoms with Crippen LogP contribution in [0.3, 0.4) is 0 Å². The van der Waals surface area contributed by atoms with E-state index in [4.69, 9.17) is 0 Å². The normalized spacial score (nSPS) is 36.4. The van der Waals surface area contributed by atoms with E-state index < -0.39 is 11.9 Å². The zero-order valence-electron chi connectivity index (χ0n) is 6.95. The molecule has 4 nitrogen and oxygen atoms in total. The molecular formula is C8H11NO3. The van der Waals surface area contributed by atoms with Gasteiger partial charge in [0.25, 0.3) is 0 Å². The first kappa shape index (κ1) is 7.73. The molecular weight excluding hydrogens is 158 g/mol. The van der Waals surface area contributed by atoms with Crippen molar-refractivity contribution in [3.63, 3.8) is 0 Å². The van der Waals surface area contributed by atoms with Crippen LogP contribution >= 0.6 is 0 Å². The Kier molecular flexibility index (Phi) is 1.65. The van der Waals surface area contributed by atoms with Crippen molar-refractivity contribution in [2.45, 2.75) is 19.4 Å². The van der Waals surface area contributed by atoms with Gasteiger partial charge in [-0.05, 0) is 12.3 Å². The molecule has 12 heavy (non-hydrogen) atoms. The molecule has 0 bridgehead atoms. The van der Waals surface area contributed by atoms with Crippen LogP contribution in [0.4, 0.5) is 0 Å². The lowest BCUT2D eigenvalue weighted by Gasteiger charge is -2.23. The van der Waals surface area contributed by atoms with Crippen LogP contribution in [0.1, 0.15) is 13.3 Å². The first-order valence-corrected chi connectivity index (χ1v) is 4.14. The van der Waals surface area contributed by atoms with E-state index in [-0.39, 0.29) is 13.1 Å². The molecule has 1 aliphatic heterocycles. The third kappa shape index (κ3) is 1.34. The van der Waals surface area contributed by atoms with Crippen LogP contribution < -0.4 is 0 Å². The van der Waals surface area contributed by atoms with E-state index >= 15 is 0 Å². The smallest absolute Gasteiger partial charge is 0.327 e. The van der Waals surface area contributed by atoms with Gasteiger partial charge in [0.15, 0.2) is 0 Å². The van der Waals surface area contributed by atoms with Crippen molar-refractivity contribution in [2.75, 3.05) is 13.1 Å². The Hall–Kier alpha value is -0.900. The lowest BCUT2D eigenvalue weighted by atomic mass is 10.3. The van der Waals surface area contributed by atoms with Crippen LogP contribution in [0, 0.1) is 5.92 Å². The summed E-state index contributed by atoms with van der Waals surface area (Å²) in [7, 11) is 0. The number of ether oxygens (including phenoxy) is 1. The highest BCUT2D eigenvalue weighted by Gasteiger charge is 2.41. The molecule has 0 spiro atoms. The third-order valence-electron chi connectivity index (χ3n) is 2.43. The quantitative estimate of drug-likeness (QED) is 0.402. The van der Waals surface area contributed by atoms with Crippen molar-refractivity contribution in [3.8, 4) is 0 Å². The molecule has 2 unspecified atom stereocenters. The van der Waals surface area contributed by atoms with Gasteiger partial charge in [0.1, 0.15) is 0 Å². The van der Waals surface area contributed by atoms with Gasteiger partial charge in [-0.2, -0.15) is 0 Å². The molecule has 1 heterocycles. The zero-order chi connectivity index (χ0) is 8.72. The molecule has 4 heteroatoms. The number of hydrogen-bond acceptors (Lipinski definition) is 4. The standard InChI is InChI=1S/C8H11NO3/c1-5-2-6(5)9-3-7(10)12-8(11)4-9/h5-6H,2-4H2,1H3. The molecule has 2 atom stereocenters. The maximum Gasteiger partial charge on any atom is 0.327 e. The van der Waals surface area contributed by atoms with Gasteiger partial charge >= 0.3 is 11.9 Å². The van der Waals surface area contributed by atoms with E-state index in [2.05, 4.69) is 11.7 Å². The molecule has 1 saturated heterocycles. The summed E-state index contributed by atoms with van der Waals surface area (Å²) in [5.41, 5.74) is 0. The number of cyclic esters (lactones) is 2. The molecule has 0 aromatic heterocycles. The second kappa shape index (κ2) is 2.55. The second-order valence-corrected chi connectivity index (χ2v) is 3.53. The van der Waals surface area contributed by atoms with Crippen molar-refractivity contribution >= 4 is 11.9 Å². The zero-order valence-corrected chi connectivity index (χ0v) is 6.95. The highest BCUT2D eigenvalue weighted by atomic mass is 16.6. The van der Waals surface area contributed by atoms with Crippen molar-refractivity contribution in [2.24, 2.45) is 5.92 Å². The van der Waals surface area contributed by atoms with E-state index in [9.17, 15) is 9.59 Å². The SMILES string of the molecule is CC1CC1N1CC(=O)OC(=O)C1. The summed E-state index contributed by atoms with van der Waals surface area (Å²) in [4.78, 5) is 23.6. The molecule has 2 rings (SSSR count). The predicted molar refractivity (Wildman–Crippen MR) is 40.2 cm³/mol. The first-order chi connectivity index (χ1) is 5.66. The summed E-state index contributed by atoms with van der Waals surface area (Å²) < 4.78 is 4.41. The van der Waals surface area contributed by atoms with E-state index in [0.717, 1.165) is 6.42 Å². The van der Waals surface area contributed by atoms with Gasteiger partial charge in [-0.3, -0.25) is 14.5 Å². The summed E-state index contributed by atoms with van der Waals surface area (Å²) in [6.07, 6.45) is 1.10. The molecule has 1 saturated carbocycles. The Balaban J connectivity index is 1.98. The summed E-state index contributed by atoms with van der Waals surface area (Å²) >= 11 is 0. The monoisotopic (exact) mass is 169 g/mol. The minimum Gasteiger partial charge on any atom is -0.391 e. The fourth-order valence-corrected chi connectivity index (χ4v) is 1.62. The number of nitrogens with zero attached hydrogens (tertiary/aromatic N) is 1. The fourth-order valence-electron chi connectivity index (χ4n) is 1.62. The number of esters is 2. The van der Waals surface area contributed by atoms with Crippen molar-refractivity contribution in [1.82, 2.24) is 4.90 Å². The number of carbonyl (C=O) groups excluding carboxylic acids is 2. The highest BCUT2D eigenvalue weighted by Crippen LogP contribution is 2.35. The molecule has 0 radical (unpaired) electrons. The molecule has 2 fully saturated rings. The molecule has 0 amide bonds. The third-order valence-corrected chi connectivity index (χ3v) is 2.43. The molecule has 0 aromatic rings. The average Bonchev–Trinajstić information content (AvgIpc) is 2.64. The minimum atomic E-state index is -0.412. The summed E-state index contributed by atoms with van der Waals surface area (Å²) in [6.45, 7) is 2.68. The first-order valence-electron chi connectivity index (χ1n) is 4.14. The fraction of sp³-hybridized carbons (Fsp3) is 0.750. The second-order valence-electron chi connectivity index (χ2n) is 3.53. The topological polar surface area (TPSA) is 46.6 Å². The van der Waals surface area contributed by atoms with Crippen molar-refractivity contribution < 1.29 is 14.3 Å². The van der Waals surface area contributed by atoms with Crippen LogP contribution in [0.25, 0.3) is 0 Å². The largest absolute Gasteiger partial charge is 0.391 e. The van der Waals surface area contributed by atoms with Gasteiger partial charge in [-0.15, -0.1) is 0 Å². The number of hydrogen-bond donors (Lipinski definition) is 0. The molecule has 2 aliphatic rings. The van der Waals surface area contributed by atoms with Gasteiger partial charge in [0.05, 0.1) is 13.1 Å². The number of rotatable bonds is 1. The predicted octanol–water partition coefficient (Wildman–Crippen LogP) is -0.220. The molecule has 1 aliphatic carbocycles. The lowest BCUT2D eigenvalue weighted by molar-refractivity contribution is -0.167. The van der Waals surface area contributed by atoms with Gasteiger partial charge < -0.3 is 4.74 Å². The van der Waals surface area contributed by atoms with Gasteiger partial charge in [-0.25, -0.2) is 0 Å². The molecule has 0 aromatic carbocycles.